The minimum Gasteiger partial charge on any atom is -0.452 e. The van der Waals surface area contributed by atoms with Gasteiger partial charge in [-0.25, -0.2) is 9.69 Å². The lowest BCUT2D eigenvalue weighted by Crippen LogP contribution is -2.42. The minimum absolute atomic E-state index is 0.00878. The highest BCUT2D eigenvalue weighted by molar-refractivity contribution is 14.1. The Labute approximate surface area is 222 Å². The van der Waals surface area contributed by atoms with Crippen molar-refractivity contribution in [3.63, 3.8) is 0 Å². The van der Waals surface area contributed by atoms with Gasteiger partial charge < -0.3 is 14.3 Å². The number of imide groups is 1. The molecule has 0 aromatic heterocycles. The fourth-order valence-corrected chi connectivity index (χ4v) is 4.62. The summed E-state index contributed by atoms with van der Waals surface area (Å²) in [7, 11) is 1.13. The first-order valence-electron chi connectivity index (χ1n) is 9.99. The predicted molar refractivity (Wildman–Crippen MR) is 131 cm³/mol. The summed E-state index contributed by atoms with van der Waals surface area (Å²) in [6.07, 6.45) is -6.39. The summed E-state index contributed by atoms with van der Waals surface area (Å²) in [5.74, 6) is -0.691. The van der Waals surface area contributed by atoms with Crippen molar-refractivity contribution in [3.05, 3.63) is 66.7 Å². The standard InChI is InChI=1S/C22H18Cl2F3IN2O5/c1-3-34-11-30(20(32)33-2)19(31)16-5-4-12(6-17(16)28)18-10-21(35-29-18,22(25,26)27)13-7-14(23)9-15(24)8-13/h4-9H,3,10-11H2,1-2H3. The summed E-state index contributed by atoms with van der Waals surface area (Å²) in [6.45, 7) is 1.63. The number of carbonyl (C=O) groups is 2. The zero-order valence-electron chi connectivity index (χ0n) is 18.3. The Morgan fingerprint density at radius 2 is 1.86 bits per heavy atom. The molecule has 1 aliphatic rings. The molecule has 3 rings (SSSR count). The van der Waals surface area contributed by atoms with E-state index >= 15 is 0 Å². The molecule has 0 bridgehead atoms. The molecular formula is C22H18Cl2F3IN2O5. The molecule has 0 saturated heterocycles. The third-order valence-corrected chi connectivity index (χ3v) is 6.44. The number of carbonyl (C=O) groups excluding carboxylic acids is 2. The number of rotatable bonds is 6. The average Bonchev–Trinajstić information content (AvgIpc) is 3.25. The highest BCUT2D eigenvalue weighted by atomic mass is 127. The average molecular weight is 645 g/mol. The highest BCUT2D eigenvalue weighted by Crippen LogP contribution is 2.49. The molecule has 1 atom stereocenters. The maximum absolute atomic E-state index is 14.2. The number of halogens is 6. The maximum atomic E-state index is 14.2. The van der Waals surface area contributed by atoms with E-state index in [1.807, 2.05) is 22.6 Å². The van der Waals surface area contributed by atoms with E-state index in [9.17, 15) is 22.8 Å². The van der Waals surface area contributed by atoms with Gasteiger partial charge in [-0.05, 0) is 59.8 Å². The Morgan fingerprint density at radius 3 is 2.40 bits per heavy atom. The lowest BCUT2D eigenvalue weighted by atomic mass is 9.86. The molecule has 188 valence electrons. The number of nitrogens with zero attached hydrogens (tertiary/aromatic N) is 2. The lowest BCUT2D eigenvalue weighted by Gasteiger charge is -2.29. The van der Waals surface area contributed by atoms with E-state index in [0.29, 0.717) is 9.13 Å². The van der Waals surface area contributed by atoms with Gasteiger partial charge in [-0.15, -0.1) is 0 Å². The molecule has 2 amide bonds. The van der Waals surface area contributed by atoms with Crippen LogP contribution in [0, 0.1) is 3.57 Å². The second kappa shape index (κ2) is 10.9. The second-order valence-corrected chi connectivity index (χ2v) is 9.34. The minimum atomic E-state index is -4.84. The monoisotopic (exact) mass is 644 g/mol. The van der Waals surface area contributed by atoms with Crippen molar-refractivity contribution in [1.29, 1.82) is 0 Å². The highest BCUT2D eigenvalue weighted by Gasteiger charge is 2.62. The summed E-state index contributed by atoms with van der Waals surface area (Å²) in [5.41, 5.74) is -2.63. The largest absolute Gasteiger partial charge is 0.452 e. The van der Waals surface area contributed by atoms with Gasteiger partial charge in [-0.3, -0.25) is 4.79 Å². The van der Waals surface area contributed by atoms with Gasteiger partial charge in [-0.1, -0.05) is 34.4 Å². The first-order valence-corrected chi connectivity index (χ1v) is 11.8. The van der Waals surface area contributed by atoms with Crippen LogP contribution in [0.3, 0.4) is 0 Å². The quantitative estimate of drug-likeness (QED) is 0.269. The van der Waals surface area contributed by atoms with Gasteiger partial charge in [0, 0.05) is 37.8 Å². The Kier molecular flexibility index (Phi) is 8.56. The summed E-state index contributed by atoms with van der Waals surface area (Å²) >= 11 is 13.7. The van der Waals surface area contributed by atoms with Crippen molar-refractivity contribution in [2.45, 2.75) is 25.1 Å². The SMILES string of the molecule is CCOCN(C(=O)OC)C(=O)c1ccc(C2=NOC(c3cc(Cl)cc(Cl)c3)(C(F)(F)F)C2)cc1I. The predicted octanol–water partition coefficient (Wildman–Crippen LogP) is 6.38. The van der Waals surface area contributed by atoms with Crippen LogP contribution in [0.5, 0.6) is 0 Å². The number of hydrogen-bond acceptors (Lipinski definition) is 6. The number of benzene rings is 2. The van der Waals surface area contributed by atoms with E-state index in [2.05, 4.69) is 9.89 Å². The van der Waals surface area contributed by atoms with Gasteiger partial charge in [0.25, 0.3) is 11.5 Å². The zero-order chi connectivity index (χ0) is 26.0. The second-order valence-electron chi connectivity index (χ2n) is 7.31. The van der Waals surface area contributed by atoms with E-state index in [1.165, 1.54) is 24.3 Å². The van der Waals surface area contributed by atoms with Crippen molar-refractivity contribution in [1.82, 2.24) is 4.90 Å². The third kappa shape index (κ3) is 5.68. The fraction of sp³-hybridized carbons (Fsp3) is 0.318. The van der Waals surface area contributed by atoms with Crippen molar-refractivity contribution in [2.75, 3.05) is 20.4 Å². The zero-order valence-corrected chi connectivity index (χ0v) is 22.0. The first-order chi connectivity index (χ1) is 16.4. The molecule has 0 radical (unpaired) electrons. The number of methoxy groups -OCH3 is 1. The molecular weight excluding hydrogens is 627 g/mol. The Balaban J connectivity index is 1.92. The van der Waals surface area contributed by atoms with Crippen LogP contribution >= 0.6 is 45.8 Å². The van der Waals surface area contributed by atoms with E-state index in [-0.39, 0.29) is 40.2 Å². The normalized spacial score (nSPS) is 17.5. The smallest absolute Gasteiger partial charge is 0.435 e. The summed E-state index contributed by atoms with van der Waals surface area (Å²) in [4.78, 5) is 30.7. The Morgan fingerprint density at radius 1 is 1.20 bits per heavy atom. The number of oxime groups is 1. The molecule has 0 saturated carbocycles. The lowest BCUT2D eigenvalue weighted by molar-refractivity contribution is -0.275. The third-order valence-electron chi connectivity index (χ3n) is 5.11. The van der Waals surface area contributed by atoms with Crippen LogP contribution in [0.4, 0.5) is 18.0 Å². The molecule has 1 unspecified atom stereocenters. The molecule has 1 heterocycles. The molecule has 0 fully saturated rings. The van der Waals surface area contributed by atoms with Crippen LogP contribution in [0.15, 0.2) is 41.6 Å². The molecule has 0 spiro atoms. The molecule has 0 N–H and O–H groups in total. The number of alkyl halides is 3. The molecule has 35 heavy (non-hydrogen) atoms. The van der Waals surface area contributed by atoms with E-state index in [0.717, 1.165) is 24.1 Å². The van der Waals surface area contributed by atoms with Crippen LogP contribution < -0.4 is 0 Å². The number of hydrogen-bond donors (Lipinski definition) is 0. The van der Waals surface area contributed by atoms with Crippen LogP contribution in [0.1, 0.15) is 34.8 Å². The summed E-state index contributed by atoms with van der Waals surface area (Å²) < 4.78 is 52.8. The van der Waals surface area contributed by atoms with Crippen LogP contribution in [-0.4, -0.2) is 49.2 Å². The molecule has 2 aromatic carbocycles. The Bertz CT molecular complexity index is 1160. The summed E-state index contributed by atoms with van der Waals surface area (Å²) in [5, 5.41) is 3.75. The maximum Gasteiger partial charge on any atom is 0.435 e. The first kappa shape index (κ1) is 27.5. The van der Waals surface area contributed by atoms with Crippen molar-refractivity contribution >= 4 is 63.5 Å². The topological polar surface area (TPSA) is 77.4 Å². The van der Waals surface area contributed by atoms with Gasteiger partial charge in [0.2, 0.25) is 0 Å². The van der Waals surface area contributed by atoms with Gasteiger partial charge in [0.15, 0.2) is 0 Å². The fourth-order valence-electron chi connectivity index (χ4n) is 3.35. The molecule has 1 aliphatic heterocycles. The summed E-state index contributed by atoms with van der Waals surface area (Å²) in [6, 6.07) is 7.85. The van der Waals surface area contributed by atoms with Crippen molar-refractivity contribution in [2.24, 2.45) is 5.16 Å². The van der Waals surface area contributed by atoms with Gasteiger partial charge in [0.1, 0.15) is 6.73 Å². The molecule has 13 heteroatoms. The molecule has 7 nitrogen and oxygen atoms in total. The van der Waals surface area contributed by atoms with Gasteiger partial charge >= 0.3 is 12.3 Å². The van der Waals surface area contributed by atoms with E-state index in [1.54, 1.807) is 6.92 Å². The van der Waals surface area contributed by atoms with Crippen molar-refractivity contribution < 1.29 is 37.1 Å². The van der Waals surface area contributed by atoms with Crippen LogP contribution in [0.25, 0.3) is 0 Å². The van der Waals surface area contributed by atoms with Gasteiger partial charge in [0.05, 0.1) is 18.4 Å². The van der Waals surface area contributed by atoms with E-state index in [4.69, 9.17) is 32.8 Å². The molecule has 2 aromatic rings. The van der Waals surface area contributed by atoms with Crippen LogP contribution in [-0.2, 0) is 19.9 Å². The van der Waals surface area contributed by atoms with Crippen molar-refractivity contribution in [3.8, 4) is 0 Å². The van der Waals surface area contributed by atoms with E-state index < -0.39 is 30.2 Å². The van der Waals surface area contributed by atoms with Crippen LogP contribution in [0.2, 0.25) is 10.0 Å². The number of amides is 2. The Hall–Kier alpha value is -2.09. The number of ether oxygens (including phenoxy) is 2. The molecule has 0 aliphatic carbocycles. The van der Waals surface area contributed by atoms with Gasteiger partial charge in [-0.2, -0.15) is 13.2 Å².